The Kier molecular flexibility index (Phi) is 3.00. The fraction of sp³-hybridized carbons (Fsp3) is 0.500. The molecule has 6 nitrogen and oxygen atoms in total. The molecule has 0 amide bonds. The fourth-order valence-electron chi connectivity index (χ4n) is 1.99. The molecule has 16 heavy (non-hydrogen) atoms. The number of rotatable bonds is 3. The molecule has 2 rings (SSSR count). The zero-order valence-electron chi connectivity index (χ0n) is 8.87. The topological polar surface area (TPSA) is 85.3 Å². The van der Waals surface area contributed by atoms with E-state index in [2.05, 4.69) is 4.98 Å². The van der Waals surface area contributed by atoms with Crippen LogP contribution in [0.15, 0.2) is 18.3 Å². The van der Waals surface area contributed by atoms with Crippen LogP contribution in [0.5, 0.6) is 0 Å². The van der Waals surface area contributed by atoms with Gasteiger partial charge >= 0.3 is 5.69 Å². The Bertz CT molecular complexity index is 396. The zero-order chi connectivity index (χ0) is 11.5. The summed E-state index contributed by atoms with van der Waals surface area (Å²) in [6.07, 6.45) is 2.56. The summed E-state index contributed by atoms with van der Waals surface area (Å²) < 4.78 is 0. The normalized spacial score (nSPS) is 20.1. The predicted octanol–water partition coefficient (Wildman–Crippen LogP) is 0.775. The summed E-state index contributed by atoms with van der Waals surface area (Å²) >= 11 is 0. The quantitative estimate of drug-likeness (QED) is 0.603. The van der Waals surface area contributed by atoms with E-state index in [-0.39, 0.29) is 5.69 Å². The van der Waals surface area contributed by atoms with Crippen LogP contribution in [0.1, 0.15) is 6.42 Å². The standard InChI is InChI=1S/C10H14N4O2/c11-6-8-3-5-13(7-8)10-9(14(15)16)2-1-4-12-10/h1-2,4,8H,3,5-7,11H2/t8-/m1/s1. The summed E-state index contributed by atoms with van der Waals surface area (Å²) in [5, 5.41) is 10.8. The summed E-state index contributed by atoms with van der Waals surface area (Å²) in [5.74, 6) is 0.880. The predicted molar refractivity (Wildman–Crippen MR) is 60.3 cm³/mol. The first-order valence-electron chi connectivity index (χ1n) is 5.26. The van der Waals surface area contributed by atoms with E-state index >= 15 is 0 Å². The summed E-state index contributed by atoms with van der Waals surface area (Å²) in [6.45, 7) is 2.17. The van der Waals surface area contributed by atoms with Crippen LogP contribution in [-0.4, -0.2) is 29.5 Å². The fourth-order valence-corrected chi connectivity index (χ4v) is 1.99. The minimum Gasteiger partial charge on any atom is -0.351 e. The Morgan fingerprint density at radius 2 is 2.50 bits per heavy atom. The van der Waals surface area contributed by atoms with Crippen molar-refractivity contribution in [3.8, 4) is 0 Å². The first-order valence-corrected chi connectivity index (χ1v) is 5.26. The molecule has 1 fully saturated rings. The molecule has 1 aromatic rings. The minimum atomic E-state index is -0.391. The molecular formula is C10H14N4O2. The Morgan fingerprint density at radius 1 is 1.69 bits per heavy atom. The van der Waals surface area contributed by atoms with Gasteiger partial charge in [-0.2, -0.15) is 0 Å². The van der Waals surface area contributed by atoms with E-state index in [1.54, 1.807) is 12.3 Å². The van der Waals surface area contributed by atoms with Crippen molar-refractivity contribution in [1.29, 1.82) is 0 Å². The molecule has 2 heterocycles. The summed E-state index contributed by atoms with van der Waals surface area (Å²) in [4.78, 5) is 16.5. The van der Waals surface area contributed by atoms with Crippen molar-refractivity contribution in [3.63, 3.8) is 0 Å². The second-order valence-corrected chi connectivity index (χ2v) is 3.94. The van der Waals surface area contributed by atoms with Gasteiger partial charge in [-0.3, -0.25) is 10.1 Å². The van der Waals surface area contributed by atoms with Crippen LogP contribution < -0.4 is 10.6 Å². The summed E-state index contributed by atoms with van der Waals surface area (Å²) in [5.41, 5.74) is 5.66. The van der Waals surface area contributed by atoms with Crippen molar-refractivity contribution in [2.24, 2.45) is 11.7 Å². The van der Waals surface area contributed by atoms with Crippen LogP contribution >= 0.6 is 0 Å². The Morgan fingerprint density at radius 3 is 3.12 bits per heavy atom. The summed E-state index contributed by atoms with van der Waals surface area (Å²) in [6, 6.07) is 3.07. The highest BCUT2D eigenvalue weighted by Gasteiger charge is 2.27. The van der Waals surface area contributed by atoms with Gasteiger partial charge in [0.25, 0.3) is 0 Å². The lowest BCUT2D eigenvalue weighted by molar-refractivity contribution is -0.384. The Hall–Kier alpha value is -1.69. The van der Waals surface area contributed by atoms with E-state index in [1.807, 2.05) is 4.90 Å². The van der Waals surface area contributed by atoms with E-state index in [1.165, 1.54) is 6.07 Å². The molecule has 0 aliphatic carbocycles. The van der Waals surface area contributed by atoms with E-state index in [0.29, 0.717) is 18.3 Å². The van der Waals surface area contributed by atoms with Gasteiger partial charge in [-0.25, -0.2) is 4.98 Å². The minimum absolute atomic E-state index is 0.0696. The highest BCUT2D eigenvalue weighted by atomic mass is 16.6. The molecule has 6 heteroatoms. The van der Waals surface area contributed by atoms with Gasteiger partial charge in [-0.15, -0.1) is 0 Å². The highest BCUT2D eigenvalue weighted by Crippen LogP contribution is 2.29. The van der Waals surface area contributed by atoms with Gasteiger partial charge < -0.3 is 10.6 Å². The molecule has 0 radical (unpaired) electrons. The number of pyridine rings is 1. The van der Waals surface area contributed by atoms with E-state index in [4.69, 9.17) is 5.73 Å². The number of nitrogens with two attached hydrogens (primary N) is 1. The summed E-state index contributed by atoms with van der Waals surface area (Å²) in [7, 11) is 0. The van der Waals surface area contributed by atoms with Crippen molar-refractivity contribution < 1.29 is 4.92 Å². The number of anilines is 1. The molecule has 0 spiro atoms. The maximum atomic E-state index is 10.8. The first-order chi connectivity index (χ1) is 7.72. The molecule has 1 saturated heterocycles. The maximum Gasteiger partial charge on any atom is 0.311 e. The van der Waals surface area contributed by atoms with E-state index < -0.39 is 4.92 Å². The van der Waals surface area contributed by atoms with Crippen molar-refractivity contribution >= 4 is 11.5 Å². The third-order valence-electron chi connectivity index (χ3n) is 2.88. The lowest BCUT2D eigenvalue weighted by Gasteiger charge is -2.16. The SMILES string of the molecule is NC[C@H]1CCN(c2ncccc2[N+](=O)[O-])C1. The molecule has 1 atom stereocenters. The smallest absolute Gasteiger partial charge is 0.311 e. The van der Waals surface area contributed by atoms with E-state index in [9.17, 15) is 10.1 Å². The van der Waals surface area contributed by atoms with Crippen LogP contribution in [0.2, 0.25) is 0 Å². The van der Waals surface area contributed by atoms with Gasteiger partial charge in [-0.1, -0.05) is 0 Å². The molecular weight excluding hydrogens is 208 g/mol. The van der Waals surface area contributed by atoms with Crippen LogP contribution in [0.3, 0.4) is 0 Å². The number of hydrogen-bond acceptors (Lipinski definition) is 5. The monoisotopic (exact) mass is 222 g/mol. The maximum absolute atomic E-state index is 10.8. The number of hydrogen-bond donors (Lipinski definition) is 1. The number of nitro groups is 1. The average Bonchev–Trinajstić information content (AvgIpc) is 2.77. The molecule has 1 aliphatic rings. The van der Waals surface area contributed by atoms with Crippen molar-refractivity contribution in [1.82, 2.24) is 4.98 Å². The average molecular weight is 222 g/mol. The van der Waals surface area contributed by atoms with Gasteiger partial charge in [0.1, 0.15) is 0 Å². The first kappa shape index (κ1) is 10.8. The van der Waals surface area contributed by atoms with Crippen LogP contribution in [0.25, 0.3) is 0 Å². The third kappa shape index (κ3) is 1.96. The van der Waals surface area contributed by atoms with Crippen LogP contribution in [-0.2, 0) is 0 Å². The molecule has 0 aromatic carbocycles. The molecule has 0 unspecified atom stereocenters. The van der Waals surface area contributed by atoms with Gasteiger partial charge in [-0.05, 0) is 24.9 Å². The molecule has 1 aliphatic heterocycles. The number of nitrogens with zero attached hydrogens (tertiary/aromatic N) is 3. The van der Waals surface area contributed by atoms with Gasteiger partial charge in [0.15, 0.2) is 0 Å². The van der Waals surface area contributed by atoms with Crippen molar-refractivity contribution in [2.75, 3.05) is 24.5 Å². The van der Waals surface area contributed by atoms with Crippen LogP contribution in [0, 0.1) is 16.0 Å². The second-order valence-electron chi connectivity index (χ2n) is 3.94. The molecule has 86 valence electrons. The molecule has 0 bridgehead atoms. The van der Waals surface area contributed by atoms with E-state index in [0.717, 1.165) is 19.5 Å². The second kappa shape index (κ2) is 4.44. The highest BCUT2D eigenvalue weighted by molar-refractivity contribution is 5.57. The van der Waals surface area contributed by atoms with Crippen molar-refractivity contribution in [2.45, 2.75) is 6.42 Å². The Labute approximate surface area is 93.2 Å². The lowest BCUT2D eigenvalue weighted by atomic mass is 10.1. The third-order valence-corrected chi connectivity index (χ3v) is 2.88. The van der Waals surface area contributed by atoms with Gasteiger partial charge in [0.05, 0.1) is 4.92 Å². The van der Waals surface area contributed by atoms with Crippen molar-refractivity contribution in [3.05, 3.63) is 28.4 Å². The zero-order valence-corrected chi connectivity index (χ0v) is 8.87. The Balaban J connectivity index is 2.24. The lowest BCUT2D eigenvalue weighted by Crippen LogP contribution is -2.24. The van der Waals surface area contributed by atoms with Crippen LogP contribution in [0.4, 0.5) is 11.5 Å². The molecule has 1 aromatic heterocycles. The van der Waals surface area contributed by atoms with Gasteiger partial charge in [0.2, 0.25) is 5.82 Å². The molecule has 2 N–H and O–H groups in total. The van der Waals surface area contributed by atoms with Gasteiger partial charge in [0, 0.05) is 25.4 Å². The molecule has 0 saturated carbocycles. The largest absolute Gasteiger partial charge is 0.351 e. The number of aromatic nitrogens is 1.